The predicted octanol–water partition coefficient (Wildman–Crippen LogP) is 1.65. The molecule has 2 aliphatic rings. The van der Waals surface area contributed by atoms with Gasteiger partial charge in [-0.2, -0.15) is 0 Å². The third-order valence-corrected chi connectivity index (χ3v) is 4.80. The van der Waals surface area contributed by atoms with Crippen molar-refractivity contribution in [2.45, 2.75) is 44.8 Å². The number of hydrogen-bond acceptors (Lipinski definition) is 6. The zero-order valence-electron chi connectivity index (χ0n) is 13.0. The number of nitrogens with zero attached hydrogens (tertiary/aromatic N) is 3. The number of morpholine rings is 1. The Morgan fingerprint density at radius 2 is 2.05 bits per heavy atom. The lowest BCUT2D eigenvalue weighted by Gasteiger charge is -2.35. The zero-order valence-corrected chi connectivity index (χ0v) is 13.9. The lowest BCUT2D eigenvalue weighted by molar-refractivity contribution is -0.0672. The molecule has 8 heteroatoms. The molecule has 1 aliphatic carbocycles. The van der Waals surface area contributed by atoms with Crippen LogP contribution in [-0.2, 0) is 4.74 Å². The molecule has 2 fully saturated rings. The molecule has 1 aromatic rings. The SMILES string of the molecule is CC1CN(CCNC(=O)Nc2nnc(C3CC3)s2)CC(C)O1. The summed E-state index contributed by atoms with van der Waals surface area (Å²) in [7, 11) is 0. The Morgan fingerprint density at radius 3 is 2.73 bits per heavy atom. The number of carbonyl (C=O) groups is 1. The minimum atomic E-state index is -0.215. The molecule has 0 bridgehead atoms. The normalized spacial score (nSPS) is 25.9. The molecule has 2 N–H and O–H groups in total. The summed E-state index contributed by atoms with van der Waals surface area (Å²) in [4.78, 5) is 14.2. The van der Waals surface area contributed by atoms with Gasteiger partial charge in [0.05, 0.1) is 12.2 Å². The summed E-state index contributed by atoms with van der Waals surface area (Å²) in [5, 5.41) is 15.3. The van der Waals surface area contributed by atoms with Crippen LogP contribution in [0, 0.1) is 0 Å². The van der Waals surface area contributed by atoms with Crippen LogP contribution in [0.25, 0.3) is 0 Å². The van der Waals surface area contributed by atoms with E-state index in [9.17, 15) is 4.79 Å². The van der Waals surface area contributed by atoms with E-state index in [0.717, 1.165) is 24.6 Å². The molecule has 2 unspecified atom stereocenters. The fraction of sp³-hybridized carbons (Fsp3) is 0.786. The maximum absolute atomic E-state index is 11.9. The highest BCUT2D eigenvalue weighted by Gasteiger charge is 2.27. The van der Waals surface area contributed by atoms with E-state index in [0.29, 0.717) is 17.6 Å². The number of ether oxygens (including phenoxy) is 1. The first-order chi connectivity index (χ1) is 10.6. The van der Waals surface area contributed by atoms with Gasteiger partial charge in [0.25, 0.3) is 0 Å². The van der Waals surface area contributed by atoms with Crippen LogP contribution in [0.15, 0.2) is 0 Å². The number of anilines is 1. The van der Waals surface area contributed by atoms with Crippen molar-refractivity contribution >= 4 is 22.5 Å². The van der Waals surface area contributed by atoms with Crippen molar-refractivity contribution in [2.24, 2.45) is 0 Å². The van der Waals surface area contributed by atoms with Gasteiger partial charge in [0.1, 0.15) is 5.01 Å². The van der Waals surface area contributed by atoms with Gasteiger partial charge in [-0.25, -0.2) is 4.79 Å². The third kappa shape index (κ3) is 4.37. The molecule has 0 aromatic carbocycles. The van der Waals surface area contributed by atoms with Crippen molar-refractivity contribution in [1.82, 2.24) is 20.4 Å². The topological polar surface area (TPSA) is 79.4 Å². The first-order valence-electron chi connectivity index (χ1n) is 7.86. The van der Waals surface area contributed by atoms with Crippen LogP contribution in [0.4, 0.5) is 9.93 Å². The summed E-state index contributed by atoms with van der Waals surface area (Å²) < 4.78 is 5.69. The summed E-state index contributed by atoms with van der Waals surface area (Å²) in [6.45, 7) is 7.42. The standard InChI is InChI=1S/C14H23N5O2S/c1-9-7-19(8-10(2)21-9)6-5-15-13(20)16-14-18-17-12(22-14)11-3-4-11/h9-11H,3-8H2,1-2H3,(H2,15,16,18,20). The van der Waals surface area contributed by atoms with Crippen LogP contribution in [0.5, 0.6) is 0 Å². The zero-order chi connectivity index (χ0) is 15.5. The average Bonchev–Trinajstić information content (AvgIpc) is 3.19. The lowest BCUT2D eigenvalue weighted by atomic mass is 10.2. The van der Waals surface area contributed by atoms with Gasteiger partial charge in [-0.15, -0.1) is 10.2 Å². The van der Waals surface area contributed by atoms with Crippen molar-refractivity contribution in [3.05, 3.63) is 5.01 Å². The predicted molar refractivity (Wildman–Crippen MR) is 85.4 cm³/mol. The monoisotopic (exact) mass is 325 g/mol. The molecule has 1 saturated carbocycles. The summed E-state index contributed by atoms with van der Waals surface area (Å²) in [5.41, 5.74) is 0. The van der Waals surface area contributed by atoms with Gasteiger partial charge in [0, 0.05) is 32.1 Å². The summed E-state index contributed by atoms with van der Waals surface area (Å²) in [6, 6.07) is -0.215. The van der Waals surface area contributed by atoms with E-state index in [1.165, 1.54) is 24.2 Å². The molecule has 3 rings (SSSR count). The maximum Gasteiger partial charge on any atom is 0.321 e. The van der Waals surface area contributed by atoms with Crippen molar-refractivity contribution in [3.8, 4) is 0 Å². The fourth-order valence-corrected chi connectivity index (χ4v) is 3.62. The molecular formula is C14H23N5O2S. The van der Waals surface area contributed by atoms with E-state index in [2.05, 4.69) is 39.6 Å². The number of urea groups is 1. The van der Waals surface area contributed by atoms with Crippen molar-refractivity contribution in [1.29, 1.82) is 0 Å². The number of aromatic nitrogens is 2. The quantitative estimate of drug-likeness (QED) is 0.860. The van der Waals surface area contributed by atoms with E-state index >= 15 is 0 Å². The molecule has 22 heavy (non-hydrogen) atoms. The molecular weight excluding hydrogens is 302 g/mol. The van der Waals surface area contributed by atoms with Crippen LogP contribution < -0.4 is 10.6 Å². The second-order valence-corrected chi connectivity index (χ2v) is 7.13. The molecule has 2 heterocycles. The molecule has 1 aliphatic heterocycles. The van der Waals surface area contributed by atoms with Gasteiger partial charge in [-0.3, -0.25) is 10.2 Å². The summed E-state index contributed by atoms with van der Waals surface area (Å²) in [6.07, 6.45) is 2.88. The van der Waals surface area contributed by atoms with Crippen LogP contribution in [0.3, 0.4) is 0 Å². The smallest absolute Gasteiger partial charge is 0.321 e. The highest BCUT2D eigenvalue weighted by atomic mass is 32.1. The Kier molecular flexibility index (Phi) is 4.90. The largest absolute Gasteiger partial charge is 0.373 e. The minimum absolute atomic E-state index is 0.215. The van der Waals surface area contributed by atoms with Gasteiger partial charge < -0.3 is 10.1 Å². The first-order valence-corrected chi connectivity index (χ1v) is 8.68. The van der Waals surface area contributed by atoms with Gasteiger partial charge >= 0.3 is 6.03 Å². The Labute approximate surface area is 134 Å². The van der Waals surface area contributed by atoms with Crippen LogP contribution in [0.2, 0.25) is 0 Å². The second-order valence-electron chi connectivity index (χ2n) is 6.12. The third-order valence-electron chi connectivity index (χ3n) is 3.80. The van der Waals surface area contributed by atoms with E-state index < -0.39 is 0 Å². The maximum atomic E-state index is 11.9. The fourth-order valence-electron chi connectivity index (χ4n) is 2.72. The van der Waals surface area contributed by atoms with E-state index in [4.69, 9.17) is 4.74 Å². The van der Waals surface area contributed by atoms with Crippen molar-refractivity contribution in [2.75, 3.05) is 31.5 Å². The van der Waals surface area contributed by atoms with Gasteiger partial charge in [-0.05, 0) is 26.7 Å². The molecule has 7 nitrogen and oxygen atoms in total. The van der Waals surface area contributed by atoms with Crippen molar-refractivity contribution in [3.63, 3.8) is 0 Å². The number of carbonyl (C=O) groups excluding carboxylic acids is 1. The van der Waals surface area contributed by atoms with Crippen LogP contribution >= 0.6 is 11.3 Å². The Morgan fingerprint density at radius 1 is 1.32 bits per heavy atom. The molecule has 1 saturated heterocycles. The number of rotatable bonds is 5. The second kappa shape index (κ2) is 6.89. The Balaban J connectivity index is 1.36. The minimum Gasteiger partial charge on any atom is -0.373 e. The number of amides is 2. The van der Waals surface area contributed by atoms with Gasteiger partial charge in [0.2, 0.25) is 5.13 Å². The van der Waals surface area contributed by atoms with Crippen LogP contribution in [0.1, 0.15) is 37.6 Å². The Hall–Kier alpha value is -1.25. The van der Waals surface area contributed by atoms with Gasteiger partial charge in [-0.1, -0.05) is 11.3 Å². The molecule has 0 spiro atoms. The highest BCUT2D eigenvalue weighted by Crippen LogP contribution is 2.41. The molecule has 2 amide bonds. The lowest BCUT2D eigenvalue weighted by Crippen LogP contribution is -2.48. The average molecular weight is 325 g/mol. The summed E-state index contributed by atoms with van der Waals surface area (Å²) >= 11 is 1.47. The van der Waals surface area contributed by atoms with E-state index in [1.54, 1.807) is 0 Å². The van der Waals surface area contributed by atoms with Gasteiger partial charge in [0.15, 0.2) is 0 Å². The highest BCUT2D eigenvalue weighted by molar-refractivity contribution is 7.15. The number of nitrogens with one attached hydrogen (secondary N) is 2. The first kappa shape index (κ1) is 15.6. The Bertz CT molecular complexity index is 509. The molecule has 1 aromatic heterocycles. The molecule has 122 valence electrons. The van der Waals surface area contributed by atoms with Crippen molar-refractivity contribution < 1.29 is 9.53 Å². The van der Waals surface area contributed by atoms with Crippen LogP contribution in [-0.4, -0.2) is 59.5 Å². The molecule has 2 atom stereocenters. The van der Waals surface area contributed by atoms with E-state index in [1.807, 2.05) is 0 Å². The summed E-state index contributed by atoms with van der Waals surface area (Å²) in [5.74, 6) is 0.571. The van der Waals surface area contributed by atoms with E-state index in [-0.39, 0.29) is 18.2 Å². The molecule has 0 radical (unpaired) electrons. The number of hydrogen-bond donors (Lipinski definition) is 2.